The molecule has 0 unspecified atom stereocenters. The number of hydrogen-bond acceptors (Lipinski definition) is 3. The van der Waals surface area contributed by atoms with Crippen LogP contribution in [0, 0.1) is 5.92 Å². The molecule has 1 aromatic rings. The SMILES string of the molecule is C[C@@H]1CCC/C(=N/NC(=O)CNc2cccc(C(F)(F)F)c2)C1. The summed E-state index contributed by atoms with van der Waals surface area (Å²) in [6.45, 7) is 2.01. The molecule has 23 heavy (non-hydrogen) atoms. The maximum absolute atomic E-state index is 12.6. The van der Waals surface area contributed by atoms with E-state index in [1.54, 1.807) is 0 Å². The summed E-state index contributed by atoms with van der Waals surface area (Å²) in [5, 5.41) is 6.77. The Kier molecular flexibility index (Phi) is 5.63. The molecule has 1 saturated carbocycles. The van der Waals surface area contributed by atoms with E-state index < -0.39 is 11.7 Å². The van der Waals surface area contributed by atoms with Gasteiger partial charge in [0.15, 0.2) is 0 Å². The lowest BCUT2D eigenvalue weighted by molar-refractivity contribution is -0.137. The Morgan fingerprint density at radius 1 is 1.39 bits per heavy atom. The summed E-state index contributed by atoms with van der Waals surface area (Å²) in [6, 6.07) is 4.74. The minimum Gasteiger partial charge on any atom is -0.376 e. The molecule has 1 aromatic carbocycles. The molecule has 1 aliphatic carbocycles. The van der Waals surface area contributed by atoms with E-state index >= 15 is 0 Å². The molecule has 4 nitrogen and oxygen atoms in total. The molecule has 0 spiro atoms. The van der Waals surface area contributed by atoms with Crippen LogP contribution in [0.4, 0.5) is 18.9 Å². The van der Waals surface area contributed by atoms with Crippen LogP contribution in [0.25, 0.3) is 0 Å². The van der Waals surface area contributed by atoms with Crippen molar-refractivity contribution in [1.82, 2.24) is 5.43 Å². The third-order valence-electron chi connectivity index (χ3n) is 3.73. The Bertz CT molecular complexity index is 584. The van der Waals surface area contributed by atoms with Gasteiger partial charge in [-0.05, 0) is 49.8 Å². The Morgan fingerprint density at radius 3 is 2.87 bits per heavy atom. The predicted octanol–water partition coefficient (Wildman–Crippen LogP) is 3.80. The molecule has 0 aromatic heterocycles. The molecule has 7 heteroatoms. The van der Waals surface area contributed by atoms with Gasteiger partial charge in [-0.15, -0.1) is 0 Å². The molecule has 1 aliphatic rings. The smallest absolute Gasteiger partial charge is 0.376 e. The summed E-state index contributed by atoms with van der Waals surface area (Å²) in [4.78, 5) is 11.7. The van der Waals surface area contributed by atoms with Crippen LogP contribution in [0.5, 0.6) is 0 Å². The molecule has 0 radical (unpaired) electrons. The molecule has 0 bridgehead atoms. The predicted molar refractivity (Wildman–Crippen MR) is 83.1 cm³/mol. The van der Waals surface area contributed by atoms with E-state index in [9.17, 15) is 18.0 Å². The fourth-order valence-electron chi connectivity index (χ4n) is 2.53. The number of nitrogens with one attached hydrogen (secondary N) is 2. The van der Waals surface area contributed by atoms with Gasteiger partial charge in [-0.3, -0.25) is 4.79 Å². The number of carbonyl (C=O) groups excluding carboxylic acids is 1. The van der Waals surface area contributed by atoms with E-state index in [1.165, 1.54) is 18.6 Å². The highest BCUT2D eigenvalue weighted by molar-refractivity contribution is 5.87. The summed E-state index contributed by atoms with van der Waals surface area (Å²) in [5.74, 6) is 0.191. The normalized spacial score (nSPS) is 20.3. The maximum Gasteiger partial charge on any atom is 0.416 e. The van der Waals surface area contributed by atoms with E-state index in [1.807, 2.05) is 0 Å². The number of anilines is 1. The number of hydrogen-bond donors (Lipinski definition) is 2. The third-order valence-corrected chi connectivity index (χ3v) is 3.73. The molecule has 0 saturated heterocycles. The Hall–Kier alpha value is -2.05. The van der Waals surface area contributed by atoms with Crippen LogP contribution in [0.3, 0.4) is 0 Å². The van der Waals surface area contributed by atoms with Crippen LogP contribution in [0.15, 0.2) is 29.4 Å². The first-order valence-electron chi connectivity index (χ1n) is 7.60. The second-order valence-corrected chi connectivity index (χ2v) is 5.85. The van der Waals surface area contributed by atoms with E-state index in [4.69, 9.17) is 0 Å². The van der Waals surface area contributed by atoms with E-state index in [0.29, 0.717) is 5.92 Å². The Labute approximate surface area is 133 Å². The minimum atomic E-state index is -4.40. The highest BCUT2D eigenvalue weighted by Crippen LogP contribution is 2.30. The lowest BCUT2D eigenvalue weighted by atomic mass is 9.89. The molecular formula is C16H20F3N3O. The summed E-state index contributed by atoms with van der Waals surface area (Å²) in [5.41, 5.74) is 2.91. The largest absolute Gasteiger partial charge is 0.416 e. The van der Waals surface area contributed by atoms with Crippen LogP contribution in [0.2, 0.25) is 0 Å². The van der Waals surface area contributed by atoms with Gasteiger partial charge in [-0.2, -0.15) is 18.3 Å². The van der Waals surface area contributed by atoms with Crippen molar-refractivity contribution < 1.29 is 18.0 Å². The Morgan fingerprint density at radius 2 is 2.17 bits per heavy atom. The van der Waals surface area contributed by atoms with Crippen molar-refractivity contribution >= 4 is 17.3 Å². The van der Waals surface area contributed by atoms with Crippen molar-refractivity contribution in [2.24, 2.45) is 11.0 Å². The second kappa shape index (κ2) is 7.48. The first kappa shape index (κ1) is 17.3. The Balaban J connectivity index is 1.84. The van der Waals surface area contributed by atoms with Gasteiger partial charge in [0.1, 0.15) is 0 Å². The summed E-state index contributed by atoms with van der Waals surface area (Å²) in [6.07, 6.45) is -0.404. The van der Waals surface area contributed by atoms with Gasteiger partial charge in [-0.25, -0.2) is 5.43 Å². The number of rotatable bonds is 4. The van der Waals surface area contributed by atoms with Crippen molar-refractivity contribution in [3.8, 4) is 0 Å². The van der Waals surface area contributed by atoms with Crippen molar-refractivity contribution in [2.45, 2.75) is 38.8 Å². The van der Waals surface area contributed by atoms with E-state index in [-0.39, 0.29) is 18.1 Å². The number of carbonyl (C=O) groups is 1. The van der Waals surface area contributed by atoms with Crippen molar-refractivity contribution in [3.63, 3.8) is 0 Å². The van der Waals surface area contributed by atoms with E-state index in [2.05, 4.69) is 22.8 Å². The summed E-state index contributed by atoms with van der Waals surface area (Å²) in [7, 11) is 0. The molecule has 1 amide bonds. The number of nitrogens with zero attached hydrogens (tertiary/aromatic N) is 1. The zero-order chi connectivity index (χ0) is 16.9. The molecule has 0 aliphatic heterocycles. The van der Waals surface area contributed by atoms with Crippen molar-refractivity contribution in [3.05, 3.63) is 29.8 Å². The lowest BCUT2D eigenvalue weighted by Crippen LogP contribution is -2.28. The highest BCUT2D eigenvalue weighted by Gasteiger charge is 2.30. The van der Waals surface area contributed by atoms with Gasteiger partial charge >= 0.3 is 6.18 Å². The van der Waals surface area contributed by atoms with Gasteiger partial charge in [0.25, 0.3) is 5.91 Å². The third kappa shape index (κ3) is 5.58. The maximum atomic E-state index is 12.6. The monoisotopic (exact) mass is 327 g/mol. The number of alkyl halides is 3. The number of hydrazone groups is 1. The average molecular weight is 327 g/mol. The molecule has 126 valence electrons. The second-order valence-electron chi connectivity index (χ2n) is 5.85. The van der Waals surface area contributed by atoms with Crippen LogP contribution < -0.4 is 10.7 Å². The molecule has 1 atom stereocenters. The summed E-state index contributed by atoms with van der Waals surface area (Å²) >= 11 is 0. The van der Waals surface area contributed by atoms with Gasteiger partial charge < -0.3 is 5.32 Å². The number of benzene rings is 1. The van der Waals surface area contributed by atoms with Crippen LogP contribution in [-0.2, 0) is 11.0 Å². The van der Waals surface area contributed by atoms with Crippen LogP contribution >= 0.6 is 0 Å². The molecule has 2 N–H and O–H groups in total. The fraction of sp³-hybridized carbons (Fsp3) is 0.500. The van der Waals surface area contributed by atoms with Gasteiger partial charge in [0, 0.05) is 11.4 Å². The van der Waals surface area contributed by atoms with Crippen molar-refractivity contribution in [2.75, 3.05) is 11.9 Å². The first-order valence-corrected chi connectivity index (χ1v) is 7.60. The average Bonchev–Trinajstić information content (AvgIpc) is 2.50. The fourth-order valence-corrected chi connectivity index (χ4v) is 2.53. The molecule has 1 fully saturated rings. The topological polar surface area (TPSA) is 53.5 Å². The van der Waals surface area contributed by atoms with Crippen LogP contribution in [-0.4, -0.2) is 18.2 Å². The zero-order valence-corrected chi connectivity index (χ0v) is 12.9. The number of amides is 1. The standard InChI is InChI=1S/C16H20F3N3O/c1-11-4-2-7-14(8-11)21-22-15(23)10-20-13-6-3-5-12(9-13)16(17,18)19/h3,5-6,9,11,20H,2,4,7-8,10H2,1H3,(H,22,23)/b21-14-/t11-/m1/s1. The highest BCUT2D eigenvalue weighted by atomic mass is 19.4. The zero-order valence-electron chi connectivity index (χ0n) is 12.9. The molecular weight excluding hydrogens is 307 g/mol. The summed E-state index contributed by atoms with van der Waals surface area (Å²) < 4.78 is 37.8. The van der Waals surface area contributed by atoms with Gasteiger partial charge in [-0.1, -0.05) is 13.0 Å². The molecule has 0 heterocycles. The number of halogens is 3. The lowest BCUT2D eigenvalue weighted by Gasteiger charge is -2.19. The van der Waals surface area contributed by atoms with Crippen molar-refractivity contribution in [1.29, 1.82) is 0 Å². The quantitative estimate of drug-likeness (QED) is 0.827. The van der Waals surface area contributed by atoms with Crippen LogP contribution in [0.1, 0.15) is 38.2 Å². The van der Waals surface area contributed by atoms with Gasteiger partial charge in [0.2, 0.25) is 0 Å². The molecule has 2 rings (SSSR count). The first-order chi connectivity index (χ1) is 10.8. The minimum absolute atomic E-state index is 0.131. The van der Waals surface area contributed by atoms with E-state index in [0.717, 1.165) is 37.1 Å². The van der Waals surface area contributed by atoms with Gasteiger partial charge in [0.05, 0.1) is 12.1 Å².